The topological polar surface area (TPSA) is 67.9 Å². The maximum atomic E-state index is 12.3. The Kier molecular flexibility index (Phi) is 7.17. The first-order chi connectivity index (χ1) is 12.5. The minimum atomic E-state index is -0.370. The predicted molar refractivity (Wildman–Crippen MR) is 100 cm³/mol. The number of anilines is 1. The normalized spacial score (nSPS) is 10.5. The number of nitrogens with one attached hydrogen (secondary N) is 1. The van der Waals surface area contributed by atoms with Crippen LogP contribution in [0.4, 0.5) is 5.69 Å². The largest absolute Gasteiger partial charge is 0.497 e. The van der Waals surface area contributed by atoms with Crippen molar-refractivity contribution < 1.29 is 19.1 Å². The summed E-state index contributed by atoms with van der Waals surface area (Å²) < 4.78 is 9.90. The highest BCUT2D eigenvalue weighted by molar-refractivity contribution is 5.92. The summed E-state index contributed by atoms with van der Waals surface area (Å²) in [6.45, 7) is 3.50. The van der Waals surface area contributed by atoms with Gasteiger partial charge in [-0.15, -0.1) is 0 Å². The Hall–Kier alpha value is -2.86. The summed E-state index contributed by atoms with van der Waals surface area (Å²) in [6.07, 6.45) is 0. The molecule has 0 atom stereocenters. The van der Waals surface area contributed by atoms with Crippen LogP contribution in [0.1, 0.15) is 22.8 Å². The summed E-state index contributed by atoms with van der Waals surface area (Å²) in [5.74, 6) is 0.213. The van der Waals surface area contributed by atoms with E-state index >= 15 is 0 Å². The monoisotopic (exact) mass is 356 g/mol. The average molecular weight is 356 g/mol. The third kappa shape index (κ3) is 5.60. The lowest BCUT2D eigenvalue weighted by atomic mass is 10.1. The maximum Gasteiger partial charge on any atom is 0.337 e. The fraction of sp³-hybridized carbons (Fsp3) is 0.300. The molecule has 0 fully saturated rings. The molecule has 2 rings (SSSR count). The standard InChI is InChI=1S/C20H24N2O4/c1-4-22(13-15-7-5-8-16(11-15)20(24)26-3)14-19(23)21-17-9-6-10-18(12-17)25-2/h5-12H,4,13-14H2,1-3H3,(H,21,23). The molecule has 0 bridgehead atoms. The van der Waals surface area contributed by atoms with E-state index in [2.05, 4.69) is 5.32 Å². The number of carbonyl (C=O) groups is 2. The van der Waals surface area contributed by atoms with Gasteiger partial charge in [-0.1, -0.05) is 25.1 Å². The van der Waals surface area contributed by atoms with Gasteiger partial charge < -0.3 is 14.8 Å². The van der Waals surface area contributed by atoms with E-state index in [-0.39, 0.29) is 18.4 Å². The number of amides is 1. The quantitative estimate of drug-likeness (QED) is 0.737. The van der Waals surface area contributed by atoms with Crippen molar-refractivity contribution in [3.63, 3.8) is 0 Å². The van der Waals surface area contributed by atoms with Crippen molar-refractivity contribution in [2.24, 2.45) is 0 Å². The zero-order chi connectivity index (χ0) is 18.9. The maximum absolute atomic E-state index is 12.3. The van der Waals surface area contributed by atoms with Crippen LogP contribution in [0.15, 0.2) is 48.5 Å². The molecule has 2 aromatic carbocycles. The number of hydrogen-bond acceptors (Lipinski definition) is 5. The van der Waals surface area contributed by atoms with Crippen molar-refractivity contribution in [3.8, 4) is 5.75 Å². The van der Waals surface area contributed by atoms with E-state index in [1.807, 2.05) is 42.2 Å². The minimum absolute atomic E-state index is 0.107. The van der Waals surface area contributed by atoms with Crippen molar-refractivity contribution in [3.05, 3.63) is 59.7 Å². The fourth-order valence-electron chi connectivity index (χ4n) is 2.56. The van der Waals surface area contributed by atoms with E-state index in [0.717, 1.165) is 5.56 Å². The second kappa shape index (κ2) is 9.58. The Balaban J connectivity index is 1.98. The van der Waals surface area contributed by atoms with Gasteiger partial charge in [0.05, 0.1) is 26.3 Å². The Morgan fingerprint density at radius 1 is 1.08 bits per heavy atom. The lowest BCUT2D eigenvalue weighted by Crippen LogP contribution is -2.32. The number of ether oxygens (including phenoxy) is 2. The fourth-order valence-corrected chi connectivity index (χ4v) is 2.56. The first kappa shape index (κ1) is 19.5. The summed E-state index contributed by atoms with van der Waals surface area (Å²) in [5.41, 5.74) is 2.14. The lowest BCUT2D eigenvalue weighted by Gasteiger charge is -2.20. The second-order valence-electron chi connectivity index (χ2n) is 5.78. The van der Waals surface area contributed by atoms with Gasteiger partial charge in [0.15, 0.2) is 0 Å². The molecule has 0 saturated heterocycles. The highest BCUT2D eigenvalue weighted by Crippen LogP contribution is 2.17. The summed E-state index contributed by atoms with van der Waals surface area (Å²) >= 11 is 0. The molecule has 1 amide bonds. The van der Waals surface area contributed by atoms with Gasteiger partial charge in [0, 0.05) is 18.3 Å². The average Bonchev–Trinajstić information content (AvgIpc) is 2.67. The summed E-state index contributed by atoms with van der Waals surface area (Å²) in [7, 11) is 2.94. The molecule has 0 saturated carbocycles. The Morgan fingerprint density at radius 3 is 2.54 bits per heavy atom. The predicted octanol–water partition coefficient (Wildman–Crippen LogP) is 2.94. The van der Waals surface area contributed by atoms with Crippen molar-refractivity contribution in [2.45, 2.75) is 13.5 Å². The molecule has 0 aliphatic heterocycles. The summed E-state index contributed by atoms with van der Waals surface area (Å²) in [4.78, 5) is 26.0. The van der Waals surface area contributed by atoms with Crippen LogP contribution < -0.4 is 10.1 Å². The second-order valence-corrected chi connectivity index (χ2v) is 5.78. The van der Waals surface area contributed by atoms with Crippen molar-refractivity contribution >= 4 is 17.6 Å². The summed E-state index contributed by atoms with van der Waals surface area (Å²) in [5, 5.41) is 2.87. The van der Waals surface area contributed by atoms with E-state index in [1.54, 1.807) is 25.3 Å². The number of methoxy groups -OCH3 is 2. The van der Waals surface area contributed by atoms with Crippen LogP contribution in [0, 0.1) is 0 Å². The molecule has 138 valence electrons. The number of benzene rings is 2. The van der Waals surface area contributed by atoms with E-state index in [1.165, 1.54) is 7.11 Å². The third-order valence-corrected chi connectivity index (χ3v) is 3.92. The first-order valence-corrected chi connectivity index (χ1v) is 8.39. The molecule has 2 aromatic rings. The molecule has 6 heteroatoms. The van der Waals surface area contributed by atoms with Gasteiger partial charge in [0.2, 0.25) is 5.91 Å². The zero-order valence-corrected chi connectivity index (χ0v) is 15.3. The smallest absolute Gasteiger partial charge is 0.337 e. The molecule has 0 aliphatic carbocycles. The number of likely N-dealkylation sites (N-methyl/N-ethyl adjacent to an activating group) is 1. The lowest BCUT2D eigenvalue weighted by molar-refractivity contribution is -0.117. The molecule has 0 spiro atoms. The molecule has 0 unspecified atom stereocenters. The zero-order valence-electron chi connectivity index (χ0n) is 15.3. The third-order valence-electron chi connectivity index (χ3n) is 3.92. The van der Waals surface area contributed by atoms with E-state index < -0.39 is 0 Å². The van der Waals surface area contributed by atoms with E-state index in [0.29, 0.717) is 30.1 Å². The van der Waals surface area contributed by atoms with Gasteiger partial charge in [0.25, 0.3) is 0 Å². The molecular formula is C20H24N2O4. The van der Waals surface area contributed by atoms with Crippen LogP contribution in [-0.2, 0) is 16.1 Å². The first-order valence-electron chi connectivity index (χ1n) is 8.39. The van der Waals surface area contributed by atoms with Crippen LogP contribution in [0.3, 0.4) is 0 Å². The number of nitrogens with zero attached hydrogens (tertiary/aromatic N) is 1. The van der Waals surface area contributed by atoms with Gasteiger partial charge in [-0.25, -0.2) is 4.79 Å². The number of carbonyl (C=O) groups excluding carboxylic acids is 2. The SMILES string of the molecule is CCN(CC(=O)Nc1cccc(OC)c1)Cc1cccc(C(=O)OC)c1. The highest BCUT2D eigenvalue weighted by Gasteiger charge is 2.12. The molecular weight excluding hydrogens is 332 g/mol. The summed E-state index contributed by atoms with van der Waals surface area (Å²) in [6, 6.07) is 14.5. The van der Waals surface area contributed by atoms with Crippen LogP contribution in [0.25, 0.3) is 0 Å². The van der Waals surface area contributed by atoms with Crippen molar-refractivity contribution in [2.75, 3.05) is 32.6 Å². The Morgan fingerprint density at radius 2 is 1.85 bits per heavy atom. The van der Waals surface area contributed by atoms with Crippen LogP contribution in [0.2, 0.25) is 0 Å². The van der Waals surface area contributed by atoms with Crippen molar-refractivity contribution in [1.29, 1.82) is 0 Å². The van der Waals surface area contributed by atoms with Gasteiger partial charge >= 0.3 is 5.97 Å². The molecule has 0 heterocycles. The van der Waals surface area contributed by atoms with Gasteiger partial charge in [-0.2, -0.15) is 0 Å². The number of rotatable bonds is 8. The molecule has 0 radical (unpaired) electrons. The number of esters is 1. The van der Waals surface area contributed by atoms with Crippen molar-refractivity contribution in [1.82, 2.24) is 4.90 Å². The van der Waals surface area contributed by atoms with Gasteiger partial charge in [0.1, 0.15) is 5.75 Å². The van der Waals surface area contributed by atoms with Gasteiger partial charge in [-0.3, -0.25) is 9.69 Å². The van der Waals surface area contributed by atoms with E-state index in [9.17, 15) is 9.59 Å². The molecule has 26 heavy (non-hydrogen) atoms. The molecule has 0 aromatic heterocycles. The van der Waals surface area contributed by atoms with Crippen LogP contribution >= 0.6 is 0 Å². The molecule has 1 N–H and O–H groups in total. The van der Waals surface area contributed by atoms with Crippen LogP contribution in [0.5, 0.6) is 5.75 Å². The number of hydrogen-bond donors (Lipinski definition) is 1. The minimum Gasteiger partial charge on any atom is -0.497 e. The van der Waals surface area contributed by atoms with Gasteiger partial charge in [-0.05, 0) is 36.4 Å². The van der Waals surface area contributed by atoms with Crippen LogP contribution in [-0.4, -0.2) is 44.1 Å². The Labute approximate surface area is 153 Å². The molecule has 0 aliphatic rings. The van der Waals surface area contributed by atoms with E-state index in [4.69, 9.17) is 9.47 Å². The Bertz CT molecular complexity index is 761. The molecule has 6 nitrogen and oxygen atoms in total. The highest BCUT2D eigenvalue weighted by atomic mass is 16.5.